The zero-order chi connectivity index (χ0) is 19.2. The van der Waals surface area contributed by atoms with Gasteiger partial charge in [0.05, 0.1) is 6.54 Å². The van der Waals surface area contributed by atoms with Crippen LogP contribution in [0.25, 0.3) is 0 Å². The quantitative estimate of drug-likeness (QED) is 0.615. The SMILES string of the molecule is NC(Cc1ccc(OCC2CN(CC3CCNCC3)C(=O)O2)cc1)C(=O)O. The molecule has 0 aliphatic carbocycles. The predicted molar refractivity (Wildman–Crippen MR) is 98.7 cm³/mol. The van der Waals surface area contributed by atoms with E-state index in [1.165, 1.54) is 0 Å². The minimum absolute atomic E-state index is 0.264. The number of piperidine rings is 1. The lowest BCUT2D eigenvalue weighted by molar-refractivity contribution is -0.138. The van der Waals surface area contributed by atoms with Crippen LogP contribution in [0.15, 0.2) is 24.3 Å². The molecule has 2 unspecified atom stereocenters. The first kappa shape index (κ1) is 19.4. The molecule has 0 aromatic heterocycles. The van der Waals surface area contributed by atoms with Crippen molar-refractivity contribution >= 4 is 12.1 Å². The number of nitrogens with two attached hydrogens (primary N) is 1. The summed E-state index contributed by atoms with van der Waals surface area (Å²) in [5, 5.41) is 12.2. The molecule has 0 radical (unpaired) electrons. The van der Waals surface area contributed by atoms with Crippen molar-refractivity contribution in [1.82, 2.24) is 10.2 Å². The second-order valence-electron chi connectivity index (χ2n) is 7.21. The predicted octanol–water partition coefficient (Wildman–Crippen LogP) is 0.840. The van der Waals surface area contributed by atoms with Crippen molar-refractivity contribution in [2.75, 3.05) is 32.8 Å². The maximum absolute atomic E-state index is 12.0. The van der Waals surface area contributed by atoms with Crippen LogP contribution < -0.4 is 15.8 Å². The molecule has 0 spiro atoms. The minimum atomic E-state index is -1.02. The molecule has 2 aliphatic rings. The normalized spacial score (nSPS) is 21.7. The molecule has 4 N–H and O–H groups in total. The summed E-state index contributed by atoms with van der Waals surface area (Å²) >= 11 is 0. The summed E-state index contributed by atoms with van der Waals surface area (Å²) in [4.78, 5) is 24.6. The number of rotatable bonds is 8. The summed E-state index contributed by atoms with van der Waals surface area (Å²) in [6.07, 6.45) is 1.90. The molecule has 27 heavy (non-hydrogen) atoms. The summed E-state index contributed by atoms with van der Waals surface area (Å²) in [6.45, 7) is 3.60. The molecule has 3 rings (SSSR count). The fourth-order valence-corrected chi connectivity index (χ4v) is 3.44. The highest BCUT2D eigenvalue weighted by molar-refractivity contribution is 5.73. The summed E-state index contributed by atoms with van der Waals surface area (Å²) < 4.78 is 11.1. The van der Waals surface area contributed by atoms with Gasteiger partial charge in [0.1, 0.15) is 18.4 Å². The van der Waals surface area contributed by atoms with E-state index < -0.39 is 12.0 Å². The van der Waals surface area contributed by atoms with Gasteiger partial charge in [-0.2, -0.15) is 0 Å². The van der Waals surface area contributed by atoms with Crippen molar-refractivity contribution < 1.29 is 24.2 Å². The van der Waals surface area contributed by atoms with Gasteiger partial charge in [-0.1, -0.05) is 12.1 Å². The molecule has 0 saturated carbocycles. The van der Waals surface area contributed by atoms with Crippen LogP contribution in [-0.4, -0.2) is 67.0 Å². The molecule has 1 aromatic carbocycles. The first-order valence-corrected chi connectivity index (χ1v) is 9.37. The minimum Gasteiger partial charge on any atom is -0.490 e. The number of hydrogen-bond acceptors (Lipinski definition) is 6. The van der Waals surface area contributed by atoms with E-state index in [0.717, 1.165) is 38.0 Å². The highest BCUT2D eigenvalue weighted by atomic mass is 16.6. The second kappa shape index (κ2) is 9.05. The van der Waals surface area contributed by atoms with E-state index in [2.05, 4.69) is 5.32 Å². The maximum atomic E-state index is 12.0. The molecule has 2 saturated heterocycles. The van der Waals surface area contributed by atoms with E-state index in [1.54, 1.807) is 29.2 Å². The van der Waals surface area contributed by atoms with Gasteiger partial charge in [0.2, 0.25) is 0 Å². The van der Waals surface area contributed by atoms with Crippen LogP contribution in [0.3, 0.4) is 0 Å². The average molecular weight is 377 g/mol. The van der Waals surface area contributed by atoms with E-state index in [0.29, 0.717) is 24.8 Å². The zero-order valence-electron chi connectivity index (χ0n) is 15.3. The molecule has 2 fully saturated rings. The Morgan fingerprint density at radius 1 is 1.33 bits per heavy atom. The maximum Gasteiger partial charge on any atom is 0.410 e. The number of hydrogen-bond donors (Lipinski definition) is 3. The molecule has 2 heterocycles. The van der Waals surface area contributed by atoms with Crippen molar-refractivity contribution in [3.8, 4) is 5.75 Å². The van der Waals surface area contributed by atoms with Crippen LogP contribution in [0.5, 0.6) is 5.75 Å². The van der Waals surface area contributed by atoms with E-state index in [1.807, 2.05) is 0 Å². The number of amides is 1. The average Bonchev–Trinajstić information content (AvgIpc) is 3.01. The van der Waals surface area contributed by atoms with E-state index in [4.69, 9.17) is 20.3 Å². The number of cyclic esters (lactones) is 1. The van der Waals surface area contributed by atoms with E-state index in [-0.39, 0.29) is 18.6 Å². The van der Waals surface area contributed by atoms with Crippen LogP contribution in [0.1, 0.15) is 18.4 Å². The van der Waals surface area contributed by atoms with Gasteiger partial charge in [0, 0.05) is 6.54 Å². The second-order valence-corrected chi connectivity index (χ2v) is 7.21. The number of carboxylic acid groups (broad SMARTS) is 1. The number of benzene rings is 1. The molecule has 8 nitrogen and oxygen atoms in total. The van der Waals surface area contributed by atoms with Crippen LogP contribution in [0.2, 0.25) is 0 Å². The number of aliphatic carboxylic acids is 1. The van der Waals surface area contributed by atoms with Crippen LogP contribution >= 0.6 is 0 Å². The molecular formula is C19H27N3O5. The van der Waals surface area contributed by atoms with Gasteiger partial charge in [0.15, 0.2) is 6.10 Å². The number of carboxylic acids is 1. The summed E-state index contributed by atoms with van der Waals surface area (Å²) in [5.41, 5.74) is 6.36. The van der Waals surface area contributed by atoms with Gasteiger partial charge >= 0.3 is 12.1 Å². The number of nitrogens with one attached hydrogen (secondary N) is 1. The Morgan fingerprint density at radius 3 is 2.70 bits per heavy atom. The Morgan fingerprint density at radius 2 is 2.04 bits per heavy atom. The molecular weight excluding hydrogens is 350 g/mol. The number of carbonyl (C=O) groups excluding carboxylic acids is 1. The Balaban J connectivity index is 1.43. The van der Waals surface area contributed by atoms with Crippen LogP contribution in [-0.2, 0) is 16.0 Å². The van der Waals surface area contributed by atoms with Gasteiger partial charge in [-0.05, 0) is 56.0 Å². The summed E-state index contributed by atoms with van der Waals surface area (Å²) in [5.74, 6) is 0.158. The fraction of sp³-hybridized carbons (Fsp3) is 0.579. The standard InChI is InChI=1S/C19H27N3O5/c20-17(18(23)24)9-13-1-3-15(4-2-13)26-12-16-11-22(19(25)27-16)10-14-5-7-21-8-6-14/h1-4,14,16-17,21H,5-12,20H2,(H,23,24). The lowest BCUT2D eigenvalue weighted by Gasteiger charge is -2.26. The summed E-state index contributed by atoms with van der Waals surface area (Å²) in [6, 6.07) is 6.21. The smallest absolute Gasteiger partial charge is 0.410 e. The van der Waals surface area contributed by atoms with E-state index >= 15 is 0 Å². The Bertz CT molecular complexity index is 645. The molecule has 1 amide bonds. The summed E-state index contributed by atoms with van der Waals surface area (Å²) in [7, 11) is 0. The van der Waals surface area contributed by atoms with Gasteiger partial charge in [-0.25, -0.2) is 4.79 Å². The number of ether oxygens (including phenoxy) is 2. The van der Waals surface area contributed by atoms with Crippen molar-refractivity contribution in [3.63, 3.8) is 0 Å². The number of carbonyl (C=O) groups is 2. The topological polar surface area (TPSA) is 114 Å². The van der Waals surface area contributed by atoms with Gasteiger partial charge < -0.3 is 30.5 Å². The monoisotopic (exact) mass is 377 g/mol. The molecule has 0 bridgehead atoms. The van der Waals surface area contributed by atoms with Crippen LogP contribution in [0, 0.1) is 5.92 Å². The van der Waals surface area contributed by atoms with Crippen molar-refractivity contribution in [1.29, 1.82) is 0 Å². The van der Waals surface area contributed by atoms with Crippen molar-refractivity contribution in [3.05, 3.63) is 29.8 Å². The van der Waals surface area contributed by atoms with Crippen molar-refractivity contribution in [2.45, 2.75) is 31.4 Å². The molecule has 2 aliphatic heterocycles. The fourth-order valence-electron chi connectivity index (χ4n) is 3.44. The Kier molecular flexibility index (Phi) is 6.52. The molecule has 1 aromatic rings. The third-order valence-corrected chi connectivity index (χ3v) is 5.02. The van der Waals surface area contributed by atoms with E-state index in [9.17, 15) is 9.59 Å². The Labute approximate surface area is 158 Å². The number of nitrogens with zero attached hydrogens (tertiary/aromatic N) is 1. The first-order valence-electron chi connectivity index (χ1n) is 9.37. The lowest BCUT2D eigenvalue weighted by Crippen LogP contribution is -2.37. The molecule has 2 atom stereocenters. The Hall–Kier alpha value is -2.32. The third kappa shape index (κ3) is 5.58. The highest BCUT2D eigenvalue weighted by Gasteiger charge is 2.33. The van der Waals surface area contributed by atoms with Gasteiger partial charge in [0.25, 0.3) is 0 Å². The third-order valence-electron chi connectivity index (χ3n) is 5.02. The van der Waals surface area contributed by atoms with Gasteiger partial charge in [-0.3, -0.25) is 4.79 Å². The van der Waals surface area contributed by atoms with Crippen molar-refractivity contribution in [2.24, 2.45) is 11.7 Å². The molecule has 8 heteroatoms. The first-order chi connectivity index (χ1) is 13.0. The van der Waals surface area contributed by atoms with Gasteiger partial charge in [-0.15, -0.1) is 0 Å². The largest absolute Gasteiger partial charge is 0.490 e. The molecule has 148 valence electrons. The zero-order valence-corrected chi connectivity index (χ0v) is 15.3. The van der Waals surface area contributed by atoms with Crippen LogP contribution in [0.4, 0.5) is 4.79 Å². The highest BCUT2D eigenvalue weighted by Crippen LogP contribution is 2.20. The lowest BCUT2D eigenvalue weighted by atomic mass is 9.98.